The van der Waals surface area contributed by atoms with Crippen molar-refractivity contribution in [1.82, 2.24) is 0 Å². The molecule has 0 fully saturated rings. The largest absolute Gasteiger partial charge is 0.573 e. The first kappa shape index (κ1) is 12.8. The molecular weight excluding hydrogens is 200 g/mol. The van der Waals surface area contributed by atoms with Crippen LogP contribution in [-0.4, -0.2) is 24.1 Å². The van der Waals surface area contributed by atoms with E-state index in [2.05, 4.69) is 4.74 Å². The lowest BCUT2D eigenvalue weighted by Crippen LogP contribution is -2.16. The molecular formula is C7H8BF3O3. The van der Waals surface area contributed by atoms with Crippen LogP contribution in [0.1, 0.15) is 0 Å². The Kier molecular flexibility index (Phi) is 5.74. The molecule has 0 spiro atoms. The summed E-state index contributed by atoms with van der Waals surface area (Å²) in [5.74, 6) is -0.194. The Balaban J connectivity index is 0.000000500. The summed E-state index contributed by atoms with van der Waals surface area (Å²) >= 11 is 0. The fourth-order valence-electron chi connectivity index (χ4n) is 0.622. The Labute approximate surface area is 79.1 Å². The SMILES string of the molecule is FC(F)(F)Oc1ccccc1.OBO. The maximum Gasteiger partial charge on any atom is 0.573 e. The first-order valence-electron chi connectivity index (χ1n) is 3.52. The summed E-state index contributed by atoms with van der Waals surface area (Å²) in [4.78, 5) is 0. The van der Waals surface area contributed by atoms with Crippen LogP contribution in [0.2, 0.25) is 0 Å². The number of benzene rings is 1. The fraction of sp³-hybridized carbons (Fsp3) is 0.143. The van der Waals surface area contributed by atoms with Crippen LogP contribution in [0.15, 0.2) is 30.3 Å². The molecule has 0 unspecified atom stereocenters. The zero-order valence-electron chi connectivity index (χ0n) is 7.03. The van der Waals surface area contributed by atoms with Gasteiger partial charge >= 0.3 is 14.0 Å². The zero-order chi connectivity index (χ0) is 11.0. The van der Waals surface area contributed by atoms with Crippen LogP contribution in [0, 0.1) is 0 Å². The van der Waals surface area contributed by atoms with Crippen molar-refractivity contribution < 1.29 is 28.0 Å². The van der Waals surface area contributed by atoms with Crippen LogP contribution >= 0.6 is 0 Å². The predicted molar refractivity (Wildman–Crippen MR) is 44.7 cm³/mol. The van der Waals surface area contributed by atoms with Crippen molar-refractivity contribution in [2.75, 3.05) is 0 Å². The van der Waals surface area contributed by atoms with Gasteiger partial charge in [-0.15, -0.1) is 13.2 Å². The van der Waals surface area contributed by atoms with Gasteiger partial charge in [-0.2, -0.15) is 0 Å². The number of hydrogen-bond donors (Lipinski definition) is 2. The minimum atomic E-state index is -4.60. The van der Waals surface area contributed by atoms with E-state index in [-0.39, 0.29) is 5.75 Å². The van der Waals surface area contributed by atoms with E-state index in [1.54, 1.807) is 6.07 Å². The summed E-state index contributed by atoms with van der Waals surface area (Å²) < 4.78 is 38.2. The van der Waals surface area contributed by atoms with Gasteiger partial charge in [0, 0.05) is 0 Å². The van der Waals surface area contributed by atoms with Gasteiger partial charge in [-0.3, -0.25) is 0 Å². The summed E-state index contributed by atoms with van der Waals surface area (Å²) in [6.07, 6.45) is -4.60. The molecule has 2 N–H and O–H groups in total. The van der Waals surface area contributed by atoms with Gasteiger partial charge in [0.15, 0.2) is 0 Å². The molecule has 0 aliphatic heterocycles. The van der Waals surface area contributed by atoms with E-state index in [1.807, 2.05) is 0 Å². The summed E-state index contributed by atoms with van der Waals surface area (Å²) in [6.45, 7) is 0. The number of para-hydroxylation sites is 1. The normalized spacial score (nSPS) is 9.79. The standard InChI is InChI=1S/C7H5F3O.BH3O2/c8-7(9,10)11-6-4-2-1-3-5-6;2-1-3/h1-5H;1-3H. The van der Waals surface area contributed by atoms with Gasteiger partial charge in [0.25, 0.3) is 0 Å². The molecule has 78 valence electrons. The number of hydrogen-bond acceptors (Lipinski definition) is 3. The number of ether oxygens (including phenoxy) is 1. The molecule has 0 amide bonds. The second-order valence-electron chi connectivity index (χ2n) is 2.00. The molecule has 0 heterocycles. The lowest BCUT2D eigenvalue weighted by atomic mass is 10.3. The molecule has 0 saturated carbocycles. The van der Waals surface area contributed by atoms with E-state index in [9.17, 15) is 13.2 Å². The summed E-state index contributed by atoms with van der Waals surface area (Å²) in [5, 5.41) is 14.2. The molecule has 0 aliphatic carbocycles. The van der Waals surface area contributed by atoms with E-state index in [1.165, 1.54) is 24.3 Å². The van der Waals surface area contributed by atoms with Crippen molar-refractivity contribution in [3.05, 3.63) is 30.3 Å². The van der Waals surface area contributed by atoms with E-state index in [0.717, 1.165) is 0 Å². The first-order chi connectivity index (χ1) is 6.49. The van der Waals surface area contributed by atoms with E-state index >= 15 is 0 Å². The Morgan fingerprint density at radius 2 is 1.50 bits per heavy atom. The molecule has 3 nitrogen and oxygen atoms in total. The molecule has 7 heteroatoms. The van der Waals surface area contributed by atoms with Crippen LogP contribution in [0.4, 0.5) is 13.2 Å². The Morgan fingerprint density at radius 1 is 1.07 bits per heavy atom. The van der Waals surface area contributed by atoms with E-state index in [4.69, 9.17) is 10.0 Å². The molecule has 14 heavy (non-hydrogen) atoms. The van der Waals surface area contributed by atoms with Crippen LogP contribution < -0.4 is 4.74 Å². The topological polar surface area (TPSA) is 49.7 Å². The molecule has 0 saturated heterocycles. The summed E-state index contributed by atoms with van der Waals surface area (Å²) in [6, 6.07) is 7.05. The van der Waals surface area contributed by atoms with Crippen LogP contribution in [0.3, 0.4) is 0 Å². The molecule has 0 atom stereocenters. The highest BCUT2D eigenvalue weighted by atomic mass is 19.4. The predicted octanol–water partition coefficient (Wildman–Crippen LogP) is 0.823. The van der Waals surface area contributed by atoms with Crippen LogP contribution in [0.5, 0.6) is 5.75 Å². The number of alkyl halides is 3. The maximum atomic E-state index is 11.5. The second kappa shape index (κ2) is 6.28. The molecule has 0 radical (unpaired) electrons. The molecule has 0 aromatic heterocycles. The Hall–Kier alpha value is -1.21. The lowest BCUT2D eigenvalue weighted by Gasteiger charge is -2.07. The smallest absolute Gasteiger partial charge is 0.430 e. The monoisotopic (exact) mass is 208 g/mol. The van der Waals surface area contributed by atoms with Crippen molar-refractivity contribution in [3.63, 3.8) is 0 Å². The van der Waals surface area contributed by atoms with Crippen molar-refractivity contribution in [1.29, 1.82) is 0 Å². The average Bonchev–Trinajstić information content (AvgIpc) is 2.04. The number of rotatable bonds is 1. The van der Waals surface area contributed by atoms with E-state index < -0.39 is 14.0 Å². The fourth-order valence-corrected chi connectivity index (χ4v) is 0.622. The van der Waals surface area contributed by atoms with Gasteiger partial charge in [0.1, 0.15) is 5.75 Å². The number of halogens is 3. The highest BCUT2D eigenvalue weighted by Gasteiger charge is 2.30. The third kappa shape index (κ3) is 7.44. The van der Waals surface area contributed by atoms with Crippen molar-refractivity contribution in [2.45, 2.75) is 6.36 Å². The maximum absolute atomic E-state index is 11.5. The molecule has 1 aromatic rings. The van der Waals surface area contributed by atoms with Crippen molar-refractivity contribution in [2.24, 2.45) is 0 Å². The Bertz CT molecular complexity index is 240. The minimum Gasteiger partial charge on any atom is -0.430 e. The Morgan fingerprint density at radius 3 is 1.86 bits per heavy atom. The van der Waals surface area contributed by atoms with Gasteiger partial charge in [-0.05, 0) is 12.1 Å². The lowest BCUT2D eigenvalue weighted by molar-refractivity contribution is -0.274. The van der Waals surface area contributed by atoms with Crippen molar-refractivity contribution >= 4 is 7.69 Å². The van der Waals surface area contributed by atoms with Crippen molar-refractivity contribution in [3.8, 4) is 5.75 Å². The van der Waals surface area contributed by atoms with Gasteiger partial charge in [0.05, 0.1) is 0 Å². The first-order valence-corrected chi connectivity index (χ1v) is 3.52. The third-order valence-corrected chi connectivity index (χ3v) is 0.977. The second-order valence-corrected chi connectivity index (χ2v) is 2.00. The quantitative estimate of drug-likeness (QED) is 0.671. The third-order valence-electron chi connectivity index (χ3n) is 0.977. The molecule has 0 aliphatic rings. The highest BCUT2D eigenvalue weighted by molar-refractivity contribution is 6.13. The van der Waals surface area contributed by atoms with Gasteiger partial charge in [-0.1, -0.05) is 18.2 Å². The summed E-state index contributed by atoms with van der Waals surface area (Å²) in [5.41, 5.74) is 0. The van der Waals surface area contributed by atoms with Crippen LogP contribution in [-0.2, 0) is 0 Å². The van der Waals surface area contributed by atoms with E-state index in [0.29, 0.717) is 0 Å². The summed E-state index contributed by atoms with van der Waals surface area (Å²) in [7, 11) is -0.750. The van der Waals surface area contributed by atoms with Gasteiger partial charge < -0.3 is 14.8 Å². The highest BCUT2D eigenvalue weighted by Crippen LogP contribution is 2.21. The zero-order valence-corrected chi connectivity index (χ0v) is 7.03. The van der Waals surface area contributed by atoms with Gasteiger partial charge in [0.2, 0.25) is 0 Å². The minimum absolute atomic E-state index is 0.194. The average molecular weight is 208 g/mol. The molecule has 1 aromatic carbocycles. The molecule has 1 rings (SSSR count). The molecule has 0 bridgehead atoms. The van der Waals surface area contributed by atoms with Gasteiger partial charge in [-0.25, -0.2) is 0 Å². The van der Waals surface area contributed by atoms with Crippen LogP contribution in [0.25, 0.3) is 0 Å².